The van der Waals surface area contributed by atoms with Gasteiger partial charge in [-0.05, 0) is 102 Å². The Hall–Kier alpha value is -6.78. The van der Waals surface area contributed by atoms with E-state index >= 15 is 0 Å². The van der Waals surface area contributed by atoms with E-state index in [1.807, 2.05) is 43.3 Å². The molecule has 2 aromatic heterocycles. The molecule has 4 heteroatoms. The molecule has 276 valence electrons. The fraction of sp³-hybridized carbons (Fsp3) is 0.115. The summed E-state index contributed by atoms with van der Waals surface area (Å²) in [5.74, 6) is 0. The summed E-state index contributed by atoms with van der Waals surface area (Å²) in [6.45, 7) is 16.7. The maximum absolute atomic E-state index is 8.77. The van der Waals surface area contributed by atoms with Crippen LogP contribution in [0.15, 0.2) is 159 Å². The molecule has 0 saturated carbocycles. The average Bonchev–Trinajstić information content (AvgIpc) is 3.59. The quantitative estimate of drug-likeness (QED) is 0.0917. The summed E-state index contributed by atoms with van der Waals surface area (Å²) < 4.78 is 2.39. The fourth-order valence-electron chi connectivity index (χ4n) is 7.82. The molecule has 0 radical (unpaired) electrons. The van der Waals surface area contributed by atoms with Gasteiger partial charge in [0.2, 0.25) is 0 Å². The molecule has 7 rings (SSSR count). The molecular weight excluding hydrogens is 681 g/mol. The van der Waals surface area contributed by atoms with Gasteiger partial charge in [0.05, 0.1) is 22.4 Å². The fourth-order valence-corrected chi connectivity index (χ4v) is 7.82. The van der Waals surface area contributed by atoms with Crippen LogP contribution < -0.4 is 5.32 Å². The van der Waals surface area contributed by atoms with E-state index in [9.17, 15) is 0 Å². The maximum atomic E-state index is 8.77. The van der Waals surface area contributed by atoms with Crippen molar-refractivity contribution >= 4 is 73.1 Å². The minimum Gasteiger partial charge on any atom is -0.355 e. The SMILES string of the molecule is C=C/C=C\C(=C/C)c1cc(/C(=C/C(=C\C)n2c3ccc(Nc4ccccc4)c(C=N)c3c3ccc4c(C=C)c(CC)ccc4c32)CC)cc(-c2ccccc2)n1. The van der Waals surface area contributed by atoms with Gasteiger partial charge < -0.3 is 15.3 Å². The number of aryl methyl sites for hydroxylation is 1. The van der Waals surface area contributed by atoms with Crippen molar-refractivity contribution in [3.8, 4) is 11.3 Å². The van der Waals surface area contributed by atoms with Gasteiger partial charge in [0.1, 0.15) is 0 Å². The van der Waals surface area contributed by atoms with Crippen LogP contribution in [0, 0.1) is 5.41 Å². The highest BCUT2D eigenvalue weighted by atomic mass is 15.0. The predicted octanol–water partition coefficient (Wildman–Crippen LogP) is 14.5. The first-order chi connectivity index (χ1) is 27.5. The molecule has 0 bridgehead atoms. The molecule has 4 nitrogen and oxygen atoms in total. The molecular formula is C52H48N4. The highest BCUT2D eigenvalue weighted by Gasteiger charge is 2.21. The third-order valence-corrected chi connectivity index (χ3v) is 10.6. The first-order valence-corrected chi connectivity index (χ1v) is 19.4. The largest absolute Gasteiger partial charge is 0.355 e. The number of anilines is 2. The molecule has 2 N–H and O–H groups in total. The minimum atomic E-state index is 0.804. The molecule has 0 saturated heterocycles. The van der Waals surface area contributed by atoms with Crippen LogP contribution in [0.25, 0.3) is 66.8 Å². The Morgan fingerprint density at radius 2 is 1.54 bits per heavy atom. The van der Waals surface area contributed by atoms with Gasteiger partial charge in [-0.25, -0.2) is 4.98 Å². The molecule has 0 spiro atoms. The Morgan fingerprint density at radius 3 is 2.20 bits per heavy atom. The second-order valence-corrected chi connectivity index (χ2v) is 13.7. The third kappa shape index (κ3) is 6.98. The molecule has 0 aliphatic rings. The van der Waals surface area contributed by atoms with Gasteiger partial charge in [0.25, 0.3) is 0 Å². The minimum absolute atomic E-state index is 0.804. The number of fused-ring (bicyclic) bond motifs is 5. The molecule has 0 fully saturated rings. The molecule has 0 atom stereocenters. The van der Waals surface area contributed by atoms with E-state index in [1.54, 1.807) is 6.08 Å². The van der Waals surface area contributed by atoms with E-state index in [-0.39, 0.29) is 0 Å². The number of nitrogens with one attached hydrogen (secondary N) is 2. The zero-order valence-corrected chi connectivity index (χ0v) is 32.7. The van der Waals surface area contributed by atoms with Crippen LogP contribution in [-0.4, -0.2) is 15.8 Å². The maximum Gasteiger partial charge on any atom is 0.0715 e. The van der Waals surface area contributed by atoms with E-state index in [2.05, 4.69) is 153 Å². The molecule has 7 aromatic rings. The molecule has 0 aliphatic heterocycles. The van der Waals surface area contributed by atoms with Crippen LogP contribution in [0.1, 0.15) is 62.1 Å². The first kappa shape index (κ1) is 37.5. The van der Waals surface area contributed by atoms with Crippen LogP contribution in [0.4, 0.5) is 11.4 Å². The van der Waals surface area contributed by atoms with Crippen molar-refractivity contribution in [3.05, 3.63) is 187 Å². The van der Waals surface area contributed by atoms with Gasteiger partial charge in [-0.2, -0.15) is 0 Å². The zero-order chi connectivity index (χ0) is 39.2. The van der Waals surface area contributed by atoms with Gasteiger partial charge in [0, 0.05) is 50.6 Å². The van der Waals surface area contributed by atoms with Gasteiger partial charge in [-0.1, -0.05) is 136 Å². The Kier molecular flexibility index (Phi) is 11.2. The number of hydrogen-bond donors (Lipinski definition) is 2. The number of aromatic nitrogens is 2. The lowest BCUT2D eigenvalue weighted by atomic mass is 9.95. The van der Waals surface area contributed by atoms with Crippen LogP contribution in [0.3, 0.4) is 0 Å². The van der Waals surface area contributed by atoms with E-state index in [4.69, 9.17) is 10.4 Å². The lowest BCUT2D eigenvalue weighted by Gasteiger charge is -2.16. The van der Waals surface area contributed by atoms with Crippen LogP contribution in [0.5, 0.6) is 0 Å². The van der Waals surface area contributed by atoms with Crippen molar-refractivity contribution < 1.29 is 0 Å². The Balaban J connectivity index is 1.52. The summed E-state index contributed by atoms with van der Waals surface area (Å²) >= 11 is 0. The van der Waals surface area contributed by atoms with Gasteiger partial charge >= 0.3 is 0 Å². The lowest BCUT2D eigenvalue weighted by Crippen LogP contribution is -2.00. The summed E-state index contributed by atoms with van der Waals surface area (Å²) in [5.41, 5.74) is 14.6. The van der Waals surface area contributed by atoms with Crippen LogP contribution >= 0.6 is 0 Å². The smallest absolute Gasteiger partial charge is 0.0715 e. The molecule has 5 aromatic carbocycles. The highest BCUT2D eigenvalue weighted by molar-refractivity contribution is 6.25. The summed E-state index contributed by atoms with van der Waals surface area (Å²) in [7, 11) is 0. The van der Waals surface area contributed by atoms with Crippen molar-refractivity contribution in [2.24, 2.45) is 0 Å². The van der Waals surface area contributed by atoms with E-state index < -0.39 is 0 Å². The summed E-state index contributed by atoms with van der Waals surface area (Å²) in [6, 6.07) is 38.2. The Labute approximate surface area is 330 Å². The van der Waals surface area contributed by atoms with Crippen molar-refractivity contribution in [1.29, 1.82) is 5.41 Å². The third-order valence-electron chi connectivity index (χ3n) is 10.6. The van der Waals surface area contributed by atoms with Gasteiger partial charge in [-0.15, -0.1) is 0 Å². The second kappa shape index (κ2) is 16.7. The predicted molar refractivity (Wildman–Crippen MR) is 245 cm³/mol. The standard InChI is InChI=1S/C52H48N4/c1-7-13-20-36(9-3)48-32-39(33-49(55-48)38-21-16-14-17-22-38)37(10-4)31-41(11-5)56-50-30-29-47(54-40-23-18-15-19-24-40)46(34-53)51(50)45-28-27-43-42(12-6)35(8-2)25-26-44(43)52(45)56/h7,9,11-34,53-54H,1,6,8,10H2,2-5H3/b20-13-,36-9+,37-31+,41-11+,53-34?. The molecule has 0 amide bonds. The number of nitrogens with zero attached hydrogens (tertiary/aromatic N) is 2. The number of pyridine rings is 1. The zero-order valence-electron chi connectivity index (χ0n) is 32.7. The van der Waals surface area contributed by atoms with E-state index in [0.717, 1.165) is 96.3 Å². The first-order valence-electron chi connectivity index (χ1n) is 19.4. The van der Waals surface area contributed by atoms with Crippen molar-refractivity contribution in [2.45, 2.75) is 40.5 Å². The Bertz CT molecular complexity index is 2740. The van der Waals surface area contributed by atoms with E-state index in [0.29, 0.717) is 0 Å². The summed E-state index contributed by atoms with van der Waals surface area (Å²) in [5, 5.41) is 16.8. The number of para-hydroxylation sites is 1. The second-order valence-electron chi connectivity index (χ2n) is 13.7. The number of allylic oxidation sites excluding steroid dienone is 9. The van der Waals surface area contributed by atoms with Crippen molar-refractivity contribution in [3.63, 3.8) is 0 Å². The van der Waals surface area contributed by atoms with Crippen molar-refractivity contribution in [2.75, 3.05) is 5.32 Å². The van der Waals surface area contributed by atoms with Crippen LogP contribution in [-0.2, 0) is 6.42 Å². The number of rotatable bonds is 13. The van der Waals surface area contributed by atoms with Crippen LogP contribution in [0.2, 0.25) is 0 Å². The average molecular weight is 729 g/mol. The lowest BCUT2D eigenvalue weighted by molar-refractivity contribution is 1.14. The van der Waals surface area contributed by atoms with E-state index in [1.165, 1.54) is 22.7 Å². The summed E-state index contributed by atoms with van der Waals surface area (Å²) in [6.07, 6.45) is 17.6. The molecule has 0 unspecified atom stereocenters. The van der Waals surface area contributed by atoms with Gasteiger partial charge in [0.15, 0.2) is 0 Å². The van der Waals surface area contributed by atoms with Gasteiger partial charge in [-0.3, -0.25) is 0 Å². The highest BCUT2D eigenvalue weighted by Crippen LogP contribution is 2.42. The summed E-state index contributed by atoms with van der Waals surface area (Å²) in [4.78, 5) is 5.16. The number of hydrogen-bond acceptors (Lipinski definition) is 3. The molecule has 0 aliphatic carbocycles. The molecule has 2 heterocycles. The monoisotopic (exact) mass is 728 g/mol. The number of benzene rings is 5. The normalized spacial score (nSPS) is 12.5. The Morgan fingerprint density at radius 1 is 0.804 bits per heavy atom. The van der Waals surface area contributed by atoms with Crippen molar-refractivity contribution in [1.82, 2.24) is 9.55 Å². The topological polar surface area (TPSA) is 53.7 Å². The molecule has 56 heavy (non-hydrogen) atoms.